The van der Waals surface area contributed by atoms with Crippen molar-refractivity contribution in [3.8, 4) is 23.0 Å². The topological polar surface area (TPSA) is 94.5 Å². The van der Waals surface area contributed by atoms with Crippen LogP contribution in [-0.4, -0.2) is 44.7 Å². The molecule has 1 unspecified atom stereocenters. The number of aliphatic hydroxyl groups is 1. The molecule has 1 aliphatic rings. The highest BCUT2D eigenvalue weighted by atomic mass is 16.5. The van der Waals surface area contributed by atoms with Crippen LogP contribution in [-0.2, 0) is 9.59 Å². The Balaban J connectivity index is 1.89. The maximum Gasteiger partial charge on any atom is 0.300 e. The van der Waals surface area contributed by atoms with Crippen LogP contribution in [0.4, 0.5) is 5.69 Å². The van der Waals surface area contributed by atoms with Crippen molar-refractivity contribution >= 4 is 23.1 Å². The average molecular weight is 518 g/mol. The third kappa shape index (κ3) is 5.16. The smallest absolute Gasteiger partial charge is 0.300 e. The Morgan fingerprint density at radius 3 is 2.16 bits per heavy atom. The SMILES string of the molecule is COc1cccc(C2/C(=C(\O)c3cc(OC)ccc3OC)C(=O)C(=O)N2c2ccc(OCC(C)C)cc2)c1. The number of ketones is 1. The molecule has 0 bridgehead atoms. The third-order valence-corrected chi connectivity index (χ3v) is 6.21. The first kappa shape index (κ1) is 26.6. The number of amides is 1. The van der Waals surface area contributed by atoms with Gasteiger partial charge in [-0.05, 0) is 66.1 Å². The first-order valence-electron chi connectivity index (χ1n) is 12.2. The molecule has 8 heteroatoms. The summed E-state index contributed by atoms with van der Waals surface area (Å²) in [5, 5.41) is 11.5. The van der Waals surface area contributed by atoms with Crippen molar-refractivity contribution in [2.75, 3.05) is 32.8 Å². The zero-order valence-electron chi connectivity index (χ0n) is 22.1. The van der Waals surface area contributed by atoms with E-state index in [-0.39, 0.29) is 16.9 Å². The molecule has 1 N–H and O–H groups in total. The summed E-state index contributed by atoms with van der Waals surface area (Å²) in [6, 6.07) is 17.9. The number of rotatable bonds is 9. The minimum atomic E-state index is -0.927. The fourth-order valence-electron chi connectivity index (χ4n) is 4.34. The van der Waals surface area contributed by atoms with Gasteiger partial charge in [-0.25, -0.2) is 0 Å². The van der Waals surface area contributed by atoms with E-state index >= 15 is 0 Å². The van der Waals surface area contributed by atoms with Gasteiger partial charge in [0.2, 0.25) is 0 Å². The first-order valence-corrected chi connectivity index (χ1v) is 12.2. The van der Waals surface area contributed by atoms with Crippen molar-refractivity contribution in [1.29, 1.82) is 0 Å². The Labute approximate surface area is 222 Å². The fourth-order valence-corrected chi connectivity index (χ4v) is 4.34. The molecule has 38 heavy (non-hydrogen) atoms. The number of nitrogens with zero attached hydrogens (tertiary/aromatic N) is 1. The Hall–Kier alpha value is -4.46. The second-order valence-corrected chi connectivity index (χ2v) is 9.21. The summed E-state index contributed by atoms with van der Waals surface area (Å²) in [5.74, 6) is 0.377. The van der Waals surface area contributed by atoms with Crippen LogP contribution >= 0.6 is 0 Å². The van der Waals surface area contributed by atoms with E-state index in [9.17, 15) is 14.7 Å². The van der Waals surface area contributed by atoms with Gasteiger partial charge in [0.15, 0.2) is 0 Å². The number of hydrogen-bond donors (Lipinski definition) is 1. The molecule has 0 radical (unpaired) electrons. The molecule has 1 atom stereocenters. The van der Waals surface area contributed by atoms with Gasteiger partial charge >= 0.3 is 0 Å². The Kier molecular flexibility index (Phi) is 7.90. The maximum absolute atomic E-state index is 13.5. The van der Waals surface area contributed by atoms with Crippen molar-refractivity contribution in [1.82, 2.24) is 0 Å². The van der Waals surface area contributed by atoms with Crippen LogP contribution in [0.1, 0.15) is 31.0 Å². The summed E-state index contributed by atoms with van der Waals surface area (Å²) in [4.78, 5) is 28.4. The van der Waals surface area contributed by atoms with E-state index in [4.69, 9.17) is 18.9 Å². The highest BCUT2D eigenvalue weighted by molar-refractivity contribution is 6.51. The molecule has 8 nitrogen and oxygen atoms in total. The minimum absolute atomic E-state index is 0.0741. The number of anilines is 1. The monoisotopic (exact) mass is 517 g/mol. The normalized spacial score (nSPS) is 16.6. The molecular formula is C30H31NO7. The van der Waals surface area contributed by atoms with E-state index in [1.54, 1.807) is 66.7 Å². The maximum atomic E-state index is 13.5. The fraction of sp³-hybridized carbons (Fsp3) is 0.267. The van der Waals surface area contributed by atoms with Gasteiger partial charge in [-0.2, -0.15) is 0 Å². The molecule has 0 spiro atoms. The summed E-state index contributed by atoms with van der Waals surface area (Å²) in [5.41, 5.74) is 1.23. The molecule has 3 aromatic carbocycles. The number of ether oxygens (including phenoxy) is 4. The molecule has 0 aromatic heterocycles. The lowest BCUT2D eigenvalue weighted by Gasteiger charge is -2.26. The molecule has 1 saturated heterocycles. The summed E-state index contributed by atoms with van der Waals surface area (Å²) < 4.78 is 21.9. The van der Waals surface area contributed by atoms with E-state index in [1.807, 2.05) is 0 Å². The number of methoxy groups -OCH3 is 3. The van der Waals surface area contributed by atoms with Gasteiger partial charge in [0.1, 0.15) is 28.8 Å². The molecule has 1 heterocycles. The zero-order chi connectivity index (χ0) is 27.4. The second-order valence-electron chi connectivity index (χ2n) is 9.21. The predicted octanol–water partition coefficient (Wildman–Crippen LogP) is 5.37. The standard InChI is InChI=1S/C30H31NO7/c1-18(2)17-38-21-11-9-20(10-12-21)31-27(19-7-6-8-22(15-19)35-3)26(29(33)30(31)34)28(32)24-16-23(36-4)13-14-25(24)37-5/h6-16,18,27,32H,17H2,1-5H3/b28-26+. The van der Waals surface area contributed by atoms with Crippen LogP contribution in [0.15, 0.2) is 72.3 Å². The molecule has 4 rings (SSSR count). The second kappa shape index (κ2) is 11.3. The molecule has 1 fully saturated rings. The summed E-state index contributed by atoms with van der Waals surface area (Å²) in [6.07, 6.45) is 0. The predicted molar refractivity (Wildman–Crippen MR) is 144 cm³/mol. The van der Waals surface area contributed by atoms with Crippen molar-refractivity contribution in [3.05, 3.63) is 83.4 Å². The number of hydrogen-bond acceptors (Lipinski definition) is 7. The van der Waals surface area contributed by atoms with Gasteiger partial charge in [0.25, 0.3) is 11.7 Å². The largest absolute Gasteiger partial charge is 0.507 e. The first-order chi connectivity index (χ1) is 18.3. The highest BCUT2D eigenvalue weighted by Gasteiger charge is 2.47. The van der Waals surface area contributed by atoms with E-state index in [2.05, 4.69) is 13.8 Å². The Morgan fingerprint density at radius 1 is 0.868 bits per heavy atom. The van der Waals surface area contributed by atoms with Gasteiger partial charge in [-0.15, -0.1) is 0 Å². The molecule has 1 aliphatic heterocycles. The van der Waals surface area contributed by atoms with Crippen LogP contribution in [0.2, 0.25) is 0 Å². The number of carbonyl (C=O) groups is 2. The van der Waals surface area contributed by atoms with Gasteiger partial charge < -0.3 is 24.1 Å². The lowest BCUT2D eigenvalue weighted by Crippen LogP contribution is -2.29. The number of aliphatic hydroxyl groups excluding tert-OH is 1. The highest BCUT2D eigenvalue weighted by Crippen LogP contribution is 2.44. The summed E-state index contributed by atoms with van der Waals surface area (Å²) >= 11 is 0. The van der Waals surface area contributed by atoms with Crippen LogP contribution in [0.5, 0.6) is 23.0 Å². The van der Waals surface area contributed by atoms with Crippen molar-refractivity contribution < 1.29 is 33.6 Å². The zero-order valence-corrected chi connectivity index (χ0v) is 22.1. The van der Waals surface area contributed by atoms with Gasteiger partial charge in [0.05, 0.1) is 45.1 Å². The Bertz CT molecular complexity index is 1360. The van der Waals surface area contributed by atoms with Crippen molar-refractivity contribution in [3.63, 3.8) is 0 Å². The van der Waals surface area contributed by atoms with E-state index in [0.29, 0.717) is 46.8 Å². The molecule has 3 aromatic rings. The van der Waals surface area contributed by atoms with E-state index < -0.39 is 17.7 Å². The van der Waals surface area contributed by atoms with Gasteiger partial charge in [-0.1, -0.05) is 26.0 Å². The lowest BCUT2D eigenvalue weighted by molar-refractivity contribution is -0.132. The third-order valence-electron chi connectivity index (χ3n) is 6.21. The summed E-state index contributed by atoms with van der Waals surface area (Å²) in [6.45, 7) is 4.66. The van der Waals surface area contributed by atoms with Crippen LogP contribution in [0, 0.1) is 5.92 Å². The number of benzene rings is 3. The van der Waals surface area contributed by atoms with Crippen LogP contribution in [0.3, 0.4) is 0 Å². The van der Waals surface area contributed by atoms with Crippen LogP contribution < -0.4 is 23.8 Å². The van der Waals surface area contributed by atoms with Gasteiger partial charge in [-0.3, -0.25) is 14.5 Å². The average Bonchev–Trinajstić information content (AvgIpc) is 3.21. The molecular weight excluding hydrogens is 486 g/mol. The van der Waals surface area contributed by atoms with Gasteiger partial charge in [0, 0.05) is 5.69 Å². The van der Waals surface area contributed by atoms with E-state index in [0.717, 1.165) is 0 Å². The quantitative estimate of drug-likeness (QED) is 0.232. The van der Waals surface area contributed by atoms with Crippen molar-refractivity contribution in [2.45, 2.75) is 19.9 Å². The molecule has 0 saturated carbocycles. The Morgan fingerprint density at radius 2 is 1.53 bits per heavy atom. The van der Waals surface area contributed by atoms with Crippen LogP contribution in [0.25, 0.3) is 5.76 Å². The minimum Gasteiger partial charge on any atom is -0.507 e. The molecule has 0 aliphatic carbocycles. The van der Waals surface area contributed by atoms with Crippen molar-refractivity contribution in [2.24, 2.45) is 5.92 Å². The molecule has 198 valence electrons. The molecule has 1 amide bonds. The summed E-state index contributed by atoms with van der Waals surface area (Å²) in [7, 11) is 4.49. The number of Topliss-reactive ketones (excluding diaryl/α,β-unsaturated/α-hetero) is 1. The lowest BCUT2D eigenvalue weighted by atomic mass is 9.94. The number of carbonyl (C=O) groups excluding carboxylic acids is 2. The van der Waals surface area contributed by atoms with E-state index in [1.165, 1.54) is 26.2 Å².